The van der Waals surface area contributed by atoms with Gasteiger partial charge in [-0.15, -0.1) is 0 Å². The topological polar surface area (TPSA) is 35.2 Å². The second-order valence-corrected chi connectivity index (χ2v) is 4.06. The molecule has 0 spiro atoms. The number of benzene rings is 2. The van der Waals surface area contributed by atoms with Crippen molar-refractivity contribution in [2.45, 2.75) is 12.5 Å². The first-order valence-corrected chi connectivity index (χ1v) is 5.64. The van der Waals surface area contributed by atoms with Crippen molar-refractivity contribution in [1.82, 2.24) is 0 Å². The molecule has 2 N–H and O–H groups in total. The zero-order valence-corrected chi connectivity index (χ0v) is 9.82. The molecule has 0 bridgehead atoms. The maximum Gasteiger partial charge on any atom is 0.119 e. The van der Waals surface area contributed by atoms with E-state index < -0.39 is 0 Å². The smallest absolute Gasteiger partial charge is 0.119 e. The molecule has 0 amide bonds. The van der Waals surface area contributed by atoms with E-state index >= 15 is 0 Å². The second kappa shape index (κ2) is 5.15. The average molecular weight is 233 g/mol. The second-order valence-electron chi connectivity index (χ2n) is 4.06. The molecule has 0 aliphatic rings. The van der Waals surface area contributed by atoms with E-state index in [1.807, 2.05) is 36.4 Å². The Morgan fingerprint density at radius 3 is 2.59 bits per heavy atom. The molecule has 0 saturated carbocycles. The minimum Gasteiger partial charge on any atom is -0.497 e. The van der Waals surface area contributed by atoms with Crippen LogP contribution in [0.3, 0.4) is 0 Å². The summed E-state index contributed by atoms with van der Waals surface area (Å²) in [6, 6.07) is 11.6. The van der Waals surface area contributed by atoms with E-state index in [0.717, 1.165) is 22.1 Å². The predicted octanol–water partition coefficient (Wildman–Crippen LogP) is 3.21. The highest BCUT2D eigenvalue weighted by molar-refractivity contribution is 5.84. The predicted molar refractivity (Wildman–Crippen MR) is 68.0 cm³/mol. The highest BCUT2D eigenvalue weighted by Crippen LogP contribution is 2.24. The lowest BCUT2D eigenvalue weighted by Gasteiger charge is -2.11. The first kappa shape index (κ1) is 11.9. The Hall–Kier alpha value is -1.61. The van der Waals surface area contributed by atoms with Crippen LogP contribution in [0, 0.1) is 0 Å². The number of hydrogen-bond acceptors (Lipinski definition) is 2. The fourth-order valence-electron chi connectivity index (χ4n) is 1.88. The fraction of sp³-hybridized carbons (Fsp3) is 0.286. The SMILES string of the molecule is COc1ccc2cc([C@@H](N)CCF)ccc2c1. The van der Waals surface area contributed by atoms with Crippen molar-refractivity contribution in [3.8, 4) is 5.75 Å². The molecular formula is C14H16FNO. The van der Waals surface area contributed by atoms with Crippen LogP contribution in [0.15, 0.2) is 36.4 Å². The number of halogens is 1. The molecule has 0 fully saturated rings. The highest BCUT2D eigenvalue weighted by atomic mass is 19.1. The van der Waals surface area contributed by atoms with Crippen LogP contribution in [-0.4, -0.2) is 13.8 Å². The van der Waals surface area contributed by atoms with Crippen LogP contribution in [0.25, 0.3) is 10.8 Å². The lowest BCUT2D eigenvalue weighted by atomic mass is 10.0. The van der Waals surface area contributed by atoms with E-state index in [1.165, 1.54) is 0 Å². The first-order chi connectivity index (χ1) is 8.24. The minimum atomic E-state index is -0.387. The van der Waals surface area contributed by atoms with Gasteiger partial charge in [-0.25, -0.2) is 0 Å². The van der Waals surface area contributed by atoms with Gasteiger partial charge in [0.05, 0.1) is 13.8 Å². The van der Waals surface area contributed by atoms with Crippen molar-refractivity contribution in [3.05, 3.63) is 42.0 Å². The lowest BCUT2D eigenvalue weighted by molar-refractivity contribution is 0.415. The molecule has 0 saturated heterocycles. The number of hydrogen-bond donors (Lipinski definition) is 1. The molecule has 0 heterocycles. The number of fused-ring (bicyclic) bond motifs is 1. The number of methoxy groups -OCH3 is 1. The summed E-state index contributed by atoms with van der Waals surface area (Å²) in [6.45, 7) is -0.387. The summed E-state index contributed by atoms with van der Waals surface area (Å²) in [5.74, 6) is 0.832. The van der Waals surface area contributed by atoms with Crippen LogP contribution in [0.4, 0.5) is 4.39 Å². The van der Waals surface area contributed by atoms with Crippen molar-refractivity contribution in [1.29, 1.82) is 0 Å². The zero-order valence-electron chi connectivity index (χ0n) is 9.82. The highest BCUT2D eigenvalue weighted by Gasteiger charge is 2.06. The Labute approximate surface area is 100 Å². The lowest BCUT2D eigenvalue weighted by Crippen LogP contribution is -2.10. The van der Waals surface area contributed by atoms with Crippen LogP contribution in [0.5, 0.6) is 5.75 Å². The number of rotatable bonds is 4. The Morgan fingerprint density at radius 1 is 1.18 bits per heavy atom. The molecule has 17 heavy (non-hydrogen) atoms. The fourth-order valence-corrected chi connectivity index (χ4v) is 1.88. The molecule has 0 unspecified atom stereocenters. The maximum absolute atomic E-state index is 12.2. The zero-order chi connectivity index (χ0) is 12.3. The van der Waals surface area contributed by atoms with Crippen molar-refractivity contribution in [3.63, 3.8) is 0 Å². The molecular weight excluding hydrogens is 217 g/mol. The summed E-state index contributed by atoms with van der Waals surface area (Å²) in [4.78, 5) is 0. The Kier molecular flexibility index (Phi) is 3.59. The molecule has 0 radical (unpaired) electrons. The Morgan fingerprint density at radius 2 is 1.88 bits per heavy atom. The van der Waals surface area contributed by atoms with Gasteiger partial charge in [-0.2, -0.15) is 0 Å². The van der Waals surface area contributed by atoms with Gasteiger partial charge in [0.15, 0.2) is 0 Å². The minimum absolute atomic E-state index is 0.230. The third-order valence-corrected chi connectivity index (χ3v) is 2.92. The monoisotopic (exact) mass is 233 g/mol. The molecule has 0 aliphatic carbocycles. The van der Waals surface area contributed by atoms with E-state index in [9.17, 15) is 4.39 Å². The summed E-state index contributed by atoms with van der Waals surface area (Å²) < 4.78 is 17.4. The molecule has 90 valence electrons. The Balaban J connectivity index is 2.37. The first-order valence-electron chi connectivity index (χ1n) is 5.64. The van der Waals surface area contributed by atoms with Gasteiger partial charge in [-0.1, -0.05) is 18.2 Å². The average Bonchev–Trinajstić information content (AvgIpc) is 2.37. The van der Waals surface area contributed by atoms with Crippen molar-refractivity contribution in [2.24, 2.45) is 5.73 Å². The summed E-state index contributed by atoms with van der Waals surface area (Å²) >= 11 is 0. The van der Waals surface area contributed by atoms with E-state index in [1.54, 1.807) is 7.11 Å². The summed E-state index contributed by atoms with van der Waals surface area (Å²) in [5.41, 5.74) is 6.86. The summed E-state index contributed by atoms with van der Waals surface area (Å²) in [6.07, 6.45) is 0.363. The normalized spacial score (nSPS) is 12.6. The quantitative estimate of drug-likeness (QED) is 0.880. The summed E-state index contributed by atoms with van der Waals surface area (Å²) in [5, 5.41) is 2.19. The molecule has 2 aromatic carbocycles. The van der Waals surface area contributed by atoms with E-state index in [4.69, 9.17) is 10.5 Å². The maximum atomic E-state index is 12.2. The van der Waals surface area contributed by atoms with Gasteiger partial charge in [0.1, 0.15) is 5.75 Å². The molecule has 2 nitrogen and oxygen atoms in total. The van der Waals surface area contributed by atoms with Gasteiger partial charge < -0.3 is 10.5 Å². The third-order valence-electron chi connectivity index (χ3n) is 2.92. The van der Waals surface area contributed by atoms with Crippen molar-refractivity contribution < 1.29 is 9.13 Å². The van der Waals surface area contributed by atoms with E-state index in [2.05, 4.69) is 0 Å². The van der Waals surface area contributed by atoms with Crippen molar-refractivity contribution >= 4 is 10.8 Å². The van der Waals surface area contributed by atoms with Crippen molar-refractivity contribution in [2.75, 3.05) is 13.8 Å². The van der Waals surface area contributed by atoms with Crippen LogP contribution >= 0.6 is 0 Å². The molecule has 0 aliphatic heterocycles. The van der Waals surface area contributed by atoms with E-state index in [-0.39, 0.29) is 12.7 Å². The van der Waals surface area contributed by atoms with Gasteiger partial charge in [0.2, 0.25) is 0 Å². The van der Waals surface area contributed by atoms with Crippen LogP contribution < -0.4 is 10.5 Å². The van der Waals surface area contributed by atoms with Gasteiger partial charge >= 0.3 is 0 Å². The molecule has 3 heteroatoms. The number of ether oxygens (including phenoxy) is 1. The summed E-state index contributed by atoms with van der Waals surface area (Å²) in [7, 11) is 1.65. The number of nitrogens with two attached hydrogens (primary N) is 1. The van der Waals surface area contributed by atoms with Gasteiger partial charge in [0.25, 0.3) is 0 Å². The van der Waals surface area contributed by atoms with Crippen LogP contribution in [0.1, 0.15) is 18.0 Å². The molecule has 0 aromatic heterocycles. The third kappa shape index (κ3) is 2.56. The van der Waals surface area contributed by atoms with Gasteiger partial charge in [-0.05, 0) is 41.0 Å². The molecule has 2 rings (SSSR count). The van der Waals surface area contributed by atoms with Crippen LogP contribution in [0.2, 0.25) is 0 Å². The van der Waals surface area contributed by atoms with Gasteiger partial charge in [-0.3, -0.25) is 4.39 Å². The molecule has 2 aromatic rings. The standard InChI is InChI=1S/C14H16FNO/c1-17-13-5-4-10-8-12(14(16)6-7-15)3-2-11(10)9-13/h2-5,8-9,14H,6-7,16H2,1H3/t14-/m0/s1. The van der Waals surface area contributed by atoms with Crippen LogP contribution in [-0.2, 0) is 0 Å². The van der Waals surface area contributed by atoms with E-state index in [0.29, 0.717) is 6.42 Å². The molecule has 1 atom stereocenters. The largest absolute Gasteiger partial charge is 0.497 e. The number of alkyl halides is 1. The van der Waals surface area contributed by atoms with Gasteiger partial charge in [0, 0.05) is 6.04 Å². The Bertz CT molecular complexity index is 513.